The Hall–Kier alpha value is -3.24. The number of thiophene rings is 1. The van der Waals surface area contributed by atoms with Crippen molar-refractivity contribution in [3.63, 3.8) is 0 Å². The number of methoxy groups -OCH3 is 2. The molecule has 4 heterocycles. The Labute approximate surface area is 185 Å². The normalized spacial score (nSPS) is 17.1. The number of halogens is 1. The van der Waals surface area contributed by atoms with E-state index in [1.165, 1.54) is 37.8 Å². The number of aromatic nitrogens is 3. The van der Waals surface area contributed by atoms with Crippen molar-refractivity contribution in [2.45, 2.75) is 12.5 Å². The molecule has 0 aromatic carbocycles. The van der Waals surface area contributed by atoms with E-state index in [0.717, 1.165) is 0 Å². The van der Waals surface area contributed by atoms with Crippen LogP contribution in [-0.2, 0) is 19.9 Å². The maximum Gasteiger partial charge on any atom is 0.365 e. The van der Waals surface area contributed by atoms with Crippen molar-refractivity contribution in [2.24, 2.45) is 0 Å². The predicted molar refractivity (Wildman–Crippen MR) is 111 cm³/mol. The Morgan fingerprint density at radius 1 is 1.19 bits per heavy atom. The predicted octanol–water partition coefficient (Wildman–Crippen LogP) is 3.25. The summed E-state index contributed by atoms with van der Waals surface area (Å²) in [5.41, 5.74) is -1.47. The van der Waals surface area contributed by atoms with Crippen molar-refractivity contribution in [1.29, 1.82) is 0 Å². The van der Waals surface area contributed by atoms with Gasteiger partial charge >= 0.3 is 17.5 Å². The van der Waals surface area contributed by atoms with Gasteiger partial charge < -0.3 is 18.9 Å². The molecule has 0 N–H and O–H groups in total. The molecule has 3 aromatic heterocycles. The molecule has 0 fully saturated rings. The van der Waals surface area contributed by atoms with Crippen LogP contribution in [-0.4, -0.2) is 47.7 Å². The Morgan fingerprint density at radius 2 is 1.90 bits per heavy atom. The summed E-state index contributed by atoms with van der Waals surface area (Å²) < 4.78 is 21.8. The number of pyridine rings is 1. The Morgan fingerprint density at radius 3 is 2.48 bits per heavy atom. The number of nitrogens with zero attached hydrogens (tertiary/aromatic N) is 3. The average Bonchev–Trinajstić information content (AvgIpc) is 3.35. The van der Waals surface area contributed by atoms with E-state index in [0.29, 0.717) is 14.8 Å². The van der Waals surface area contributed by atoms with Crippen LogP contribution in [0.2, 0.25) is 4.34 Å². The first-order valence-electron chi connectivity index (χ1n) is 9.07. The molecule has 1 aliphatic heterocycles. The van der Waals surface area contributed by atoms with Gasteiger partial charge in [0.15, 0.2) is 5.82 Å². The summed E-state index contributed by atoms with van der Waals surface area (Å²) in [6, 6.07) is 6.56. The Kier molecular flexibility index (Phi) is 5.50. The molecule has 3 aromatic rings. The molecular formula is C20H16ClN3O6S. The second-order valence-electron chi connectivity index (χ2n) is 6.25. The van der Waals surface area contributed by atoms with Crippen LogP contribution >= 0.6 is 22.9 Å². The minimum Gasteiger partial charge on any atom is -0.481 e. The maximum absolute atomic E-state index is 13.2. The van der Waals surface area contributed by atoms with Gasteiger partial charge in [0.1, 0.15) is 5.69 Å². The summed E-state index contributed by atoms with van der Waals surface area (Å²) in [4.78, 5) is 39.8. The summed E-state index contributed by atoms with van der Waals surface area (Å²) >= 11 is 7.35. The van der Waals surface area contributed by atoms with Gasteiger partial charge in [-0.1, -0.05) is 11.6 Å². The summed E-state index contributed by atoms with van der Waals surface area (Å²) in [6.07, 6.45) is 1.47. The Bertz CT molecular complexity index is 1160. The van der Waals surface area contributed by atoms with Gasteiger partial charge in [0.25, 0.3) is 0 Å². The minimum absolute atomic E-state index is 0.0216. The molecule has 1 aliphatic rings. The molecule has 0 saturated heterocycles. The highest BCUT2D eigenvalue weighted by atomic mass is 35.5. The van der Waals surface area contributed by atoms with Gasteiger partial charge in [-0.15, -0.1) is 11.3 Å². The fraction of sp³-hybridized carbons (Fsp3) is 0.250. The number of carbonyl (C=O) groups is 2. The number of rotatable bonds is 6. The molecule has 0 radical (unpaired) electrons. The standard InChI is InChI=1S/C20H16ClN3O6S/c1-4-29-19(26)20(18-23-13(27-2)9-14(24-18)28-3)16-15(17(25)30-20)10(7-8-22-16)11-5-6-12(21)31-11/h5-9H,4H2,1-3H3. The molecular weight excluding hydrogens is 446 g/mol. The molecule has 4 rings (SSSR count). The molecule has 0 aliphatic carbocycles. The van der Waals surface area contributed by atoms with Crippen molar-refractivity contribution >= 4 is 34.9 Å². The van der Waals surface area contributed by atoms with Crippen LogP contribution in [0.25, 0.3) is 10.4 Å². The van der Waals surface area contributed by atoms with Gasteiger partial charge in [-0.25, -0.2) is 9.59 Å². The lowest BCUT2D eigenvalue weighted by molar-refractivity contribution is -0.162. The molecule has 160 valence electrons. The summed E-state index contributed by atoms with van der Waals surface area (Å²) in [5.74, 6) is -1.62. The van der Waals surface area contributed by atoms with Crippen LogP contribution in [0.15, 0.2) is 30.5 Å². The van der Waals surface area contributed by atoms with Crippen LogP contribution in [0.5, 0.6) is 11.8 Å². The zero-order valence-corrected chi connectivity index (χ0v) is 18.2. The van der Waals surface area contributed by atoms with Gasteiger partial charge in [0.2, 0.25) is 11.8 Å². The summed E-state index contributed by atoms with van der Waals surface area (Å²) in [6.45, 7) is 1.67. The minimum atomic E-state index is -2.12. The zero-order valence-electron chi connectivity index (χ0n) is 16.7. The monoisotopic (exact) mass is 461 g/mol. The molecule has 11 heteroatoms. The second-order valence-corrected chi connectivity index (χ2v) is 7.97. The average molecular weight is 462 g/mol. The molecule has 9 nitrogen and oxygen atoms in total. The first-order valence-corrected chi connectivity index (χ1v) is 10.3. The lowest BCUT2D eigenvalue weighted by Crippen LogP contribution is -2.41. The first kappa shape index (κ1) is 21.0. The van der Waals surface area contributed by atoms with E-state index in [2.05, 4.69) is 15.0 Å². The van der Waals surface area contributed by atoms with Crippen molar-refractivity contribution in [3.8, 4) is 22.2 Å². The third-order valence-electron chi connectivity index (χ3n) is 4.55. The molecule has 1 unspecified atom stereocenters. The quantitative estimate of drug-likeness (QED) is 0.511. The molecule has 0 amide bonds. The first-order chi connectivity index (χ1) is 14.9. The fourth-order valence-corrected chi connectivity index (χ4v) is 4.30. The molecule has 31 heavy (non-hydrogen) atoms. The van der Waals surface area contributed by atoms with Gasteiger partial charge in [-0.3, -0.25) is 4.98 Å². The van der Waals surface area contributed by atoms with E-state index >= 15 is 0 Å². The zero-order chi connectivity index (χ0) is 22.2. The van der Waals surface area contributed by atoms with Crippen LogP contribution in [0.1, 0.15) is 28.8 Å². The largest absolute Gasteiger partial charge is 0.481 e. The number of carbonyl (C=O) groups excluding carboxylic acids is 2. The molecule has 0 spiro atoms. The third-order valence-corrected chi connectivity index (χ3v) is 5.81. The highest BCUT2D eigenvalue weighted by molar-refractivity contribution is 7.19. The van der Waals surface area contributed by atoms with Gasteiger partial charge in [-0.05, 0) is 25.1 Å². The van der Waals surface area contributed by atoms with Crippen LogP contribution < -0.4 is 9.47 Å². The van der Waals surface area contributed by atoms with E-state index in [1.54, 1.807) is 25.1 Å². The van der Waals surface area contributed by atoms with Crippen molar-refractivity contribution in [1.82, 2.24) is 15.0 Å². The number of ether oxygens (including phenoxy) is 4. The summed E-state index contributed by atoms with van der Waals surface area (Å²) in [7, 11) is 2.79. The number of hydrogen-bond acceptors (Lipinski definition) is 10. The van der Waals surface area contributed by atoms with Gasteiger partial charge in [-0.2, -0.15) is 9.97 Å². The topological polar surface area (TPSA) is 110 Å². The summed E-state index contributed by atoms with van der Waals surface area (Å²) in [5, 5.41) is 0. The maximum atomic E-state index is 13.2. The smallest absolute Gasteiger partial charge is 0.365 e. The molecule has 0 saturated carbocycles. The van der Waals surface area contributed by atoms with E-state index in [-0.39, 0.29) is 35.4 Å². The van der Waals surface area contributed by atoms with E-state index in [1.807, 2.05) is 0 Å². The van der Waals surface area contributed by atoms with E-state index in [4.69, 9.17) is 30.5 Å². The highest BCUT2D eigenvalue weighted by Gasteiger charge is 2.59. The number of esters is 2. The van der Waals surface area contributed by atoms with Crippen LogP contribution in [0.3, 0.4) is 0 Å². The van der Waals surface area contributed by atoms with Gasteiger partial charge in [0, 0.05) is 16.6 Å². The third kappa shape index (κ3) is 3.37. The second kappa shape index (κ2) is 8.12. The number of cyclic esters (lactones) is 1. The van der Waals surface area contributed by atoms with Crippen molar-refractivity contribution in [2.75, 3.05) is 20.8 Å². The van der Waals surface area contributed by atoms with E-state index < -0.39 is 17.5 Å². The lowest BCUT2D eigenvalue weighted by Gasteiger charge is -2.24. The van der Waals surface area contributed by atoms with Crippen LogP contribution in [0, 0.1) is 0 Å². The lowest BCUT2D eigenvalue weighted by atomic mass is 9.94. The number of fused-ring (bicyclic) bond motifs is 1. The molecule has 0 bridgehead atoms. The van der Waals surface area contributed by atoms with Crippen LogP contribution in [0.4, 0.5) is 0 Å². The Balaban J connectivity index is 2.01. The molecule has 1 atom stereocenters. The van der Waals surface area contributed by atoms with Gasteiger partial charge in [0.05, 0.1) is 36.8 Å². The van der Waals surface area contributed by atoms with Crippen molar-refractivity contribution in [3.05, 3.63) is 51.9 Å². The SMILES string of the molecule is CCOC(=O)C1(c2nc(OC)cc(OC)n2)OC(=O)c2c(-c3ccc(Cl)s3)ccnc21. The fourth-order valence-electron chi connectivity index (χ4n) is 3.22. The van der Waals surface area contributed by atoms with E-state index in [9.17, 15) is 9.59 Å². The number of hydrogen-bond donors (Lipinski definition) is 0. The van der Waals surface area contributed by atoms with Crippen molar-refractivity contribution < 1.29 is 28.5 Å². The highest BCUT2D eigenvalue weighted by Crippen LogP contribution is 2.45.